The van der Waals surface area contributed by atoms with Crippen LogP contribution in [-0.2, 0) is 14.4 Å². The van der Waals surface area contributed by atoms with Crippen LogP contribution in [0, 0.1) is 17.0 Å². The summed E-state index contributed by atoms with van der Waals surface area (Å²) in [5.41, 5.74) is 1.83. The largest absolute Gasteiger partial charge is 0.481 e. The van der Waals surface area contributed by atoms with Crippen molar-refractivity contribution in [3.05, 3.63) is 46.7 Å². The van der Waals surface area contributed by atoms with E-state index in [2.05, 4.69) is 9.97 Å². The van der Waals surface area contributed by atoms with Crippen molar-refractivity contribution in [2.24, 2.45) is 11.8 Å². The van der Waals surface area contributed by atoms with Crippen molar-refractivity contribution in [2.45, 2.75) is 57.8 Å². The number of piperidine rings is 1. The fraction of sp³-hybridized carbons (Fsp3) is 0.433. The number of hydrogen-bond acceptors (Lipinski definition) is 6. The maximum absolute atomic E-state index is 15.5. The number of aromatic nitrogens is 2. The second kappa shape index (κ2) is 12.7. The Morgan fingerprint density at radius 3 is 2.63 bits per heavy atom. The Morgan fingerprint density at radius 1 is 1.17 bits per heavy atom. The van der Waals surface area contributed by atoms with E-state index >= 15 is 4.39 Å². The summed E-state index contributed by atoms with van der Waals surface area (Å²) < 4.78 is 15.5. The topological polar surface area (TPSA) is 104 Å². The molecule has 2 aliphatic rings. The van der Waals surface area contributed by atoms with Gasteiger partial charge in [-0.25, -0.2) is 9.97 Å². The molecule has 1 aromatic carbocycles. The highest BCUT2D eigenvalue weighted by Gasteiger charge is 2.31. The molecular weight excluding hydrogens is 567 g/mol. The predicted molar refractivity (Wildman–Crippen MR) is 158 cm³/mol. The fourth-order valence-corrected chi connectivity index (χ4v) is 6.77. The van der Waals surface area contributed by atoms with Gasteiger partial charge in [-0.3, -0.25) is 24.2 Å². The lowest BCUT2D eigenvalue weighted by Crippen LogP contribution is -2.35. The third kappa shape index (κ3) is 6.59. The minimum absolute atomic E-state index is 0.0445. The van der Waals surface area contributed by atoms with E-state index in [0.717, 1.165) is 49.9 Å². The van der Waals surface area contributed by atoms with Crippen molar-refractivity contribution in [1.82, 2.24) is 9.97 Å². The van der Waals surface area contributed by atoms with E-state index in [-0.39, 0.29) is 29.1 Å². The van der Waals surface area contributed by atoms with Gasteiger partial charge in [-0.1, -0.05) is 54.7 Å². The molecule has 11 heteroatoms. The number of carboxylic acid groups (broad SMARTS) is 1. The lowest BCUT2D eigenvalue weighted by atomic mass is 9.90. The number of carboxylic acids is 1. The molecule has 1 aliphatic carbocycles. The first kappa shape index (κ1) is 29.1. The zero-order chi connectivity index (χ0) is 29.1. The van der Waals surface area contributed by atoms with Crippen molar-refractivity contribution in [2.75, 3.05) is 23.4 Å². The van der Waals surface area contributed by atoms with Crippen molar-refractivity contribution >= 4 is 51.7 Å². The Labute approximate surface area is 247 Å². The van der Waals surface area contributed by atoms with Crippen molar-refractivity contribution < 1.29 is 23.9 Å². The van der Waals surface area contributed by atoms with E-state index in [9.17, 15) is 19.5 Å². The molecule has 1 aliphatic heterocycles. The molecule has 5 rings (SSSR count). The van der Waals surface area contributed by atoms with E-state index < -0.39 is 17.0 Å². The van der Waals surface area contributed by atoms with Crippen molar-refractivity contribution in [3.63, 3.8) is 0 Å². The maximum Gasteiger partial charge on any atom is 0.304 e. The molecule has 1 unspecified atom stereocenters. The Hall–Kier alpha value is -3.37. The summed E-state index contributed by atoms with van der Waals surface area (Å²) >= 11 is 7.05. The van der Waals surface area contributed by atoms with E-state index in [1.165, 1.54) is 11.9 Å². The van der Waals surface area contributed by atoms with E-state index in [0.29, 0.717) is 52.8 Å². The summed E-state index contributed by atoms with van der Waals surface area (Å²) in [7, 11) is 1.51. The highest BCUT2D eigenvalue weighted by Crippen LogP contribution is 2.40. The number of rotatable bonds is 9. The van der Waals surface area contributed by atoms with Gasteiger partial charge in [-0.2, -0.15) is 4.39 Å². The van der Waals surface area contributed by atoms with Gasteiger partial charge < -0.3 is 5.11 Å². The smallest absolute Gasteiger partial charge is 0.304 e. The zero-order valence-electron chi connectivity index (χ0n) is 22.8. The molecule has 8 nitrogen and oxygen atoms in total. The SMILES string of the molecule is CN(C(=O)C(CC(=O)O)CC1CCCC1)c1nc(-c2cc(Cl)ccc2-c2ccc(N3CCCCC3=O)nc2)c(F)s1. The van der Waals surface area contributed by atoms with Crippen molar-refractivity contribution in [1.29, 1.82) is 0 Å². The van der Waals surface area contributed by atoms with Gasteiger partial charge in [0, 0.05) is 48.3 Å². The normalized spacial score (nSPS) is 16.7. The van der Waals surface area contributed by atoms with Gasteiger partial charge in [0.2, 0.25) is 16.9 Å². The fourth-order valence-electron chi connectivity index (χ4n) is 5.82. The highest BCUT2D eigenvalue weighted by atomic mass is 35.5. The minimum atomic E-state index is -1.03. The van der Waals surface area contributed by atoms with Gasteiger partial charge in [0.25, 0.3) is 0 Å². The molecular formula is C30H32ClFN4O4S. The van der Waals surface area contributed by atoms with Gasteiger partial charge in [0.15, 0.2) is 5.13 Å². The highest BCUT2D eigenvalue weighted by molar-refractivity contribution is 7.14. The first-order valence-electron chi connectivity index (χ1n) is 13.9. The Kier molecular flexibility index (Phi) is 8.99. The third-order valence-corrected chi connectivity index (χ3v) is 9.11. The number of carbonyl (C=O) groups is 3. The van der Waals surface area contributed by atoms with Crippen LogP contribution in [0.2, 0.25) is 5.02 Å². The summed E-state index contributed by atoms with van der Waals surface area (Å²) in [5.74, 6) is -1.17. The molecule has 1 N–H and O–H groups in total. The predicted octanol–water partition coefficient (Wildman–Crippen LogP) is 6.82. The minimum Gasteiger partial charge on any atom is -0.481 e. The van der Waals surface area contributed by atoms with Gasteiger partial charge in [-0.05, 0) is 55.0 Å². The van der Waals surface area contributed by atoms with Crippen LogP contribution in [0.15, 0.2) is 36.5 Å². The molecule has 3 aromatic rings. The molecule has 41 heavy (non-hydrogen) atoms. The molecule has 1 atom stereocenters. The number of thiazole rings is 1. The number of nitrogens with zero attached hydrogens (tertiary/aromatic N) is 4. The molecule has 2 aromatic heterocycles. The molecule has 2 amide bonds. The average Bonchev–Trinajstić information content (AvgIpc) is 3.61. The Bertz CT molecular complexity index is 1440. The molecule has 1 saturated carbocycles. The number of anilines is 2. The zero-order valence-corrected chi connectivity index (χ0v) is 24.4. The van der Waals surface area contributed by atoms with Crippen LogP contribution in [0.1, 0.15) is 57.8 Å². The third-order valence-electron chi connectivity index (χ3n) is 7.95. The van der Waals surface area contributed by atoms with Crippen LogP contribution in [0.5, 0.6) is 0 Å². The number of hydrogen-bond donors (Lipinski definition) is 1. The number of aliphatic carboxylic acids is 1. The van der Waals surface area contributed by atoms with Crippen LogP contribution < -0.4 is 9.80 Å². The van der Waals surface area contributed by atoms with Gasteiger partial charge in [-0.15, -0.1) is 0 Å². The second-order valence-electron chi connectivity index (χ2n) is 10.8. The number of pyridine rings is 1. The Morgan fingerprint density at radius 2 is 1.95 bits per heavy atom. The lowest BCUT2D eigenvalue weighted by Gasteiger charge is -2.25. The quantitative estimate of drug-likeness (QED) is 0.290. The average molecular weight is 599 g/mol. The molecule has 1 saturated heterocycles. The summed E-state index contributed by atoms with van der Waals surface area (Å²) in [6.07, 6.45) is 8.34. The summed E-state index contributed by atoms with van der Waals surface area (Å²) in [4.78, 5) is 49.2. The molecule has 3 heterocycles. The van der Waals surface area contributed by atoms with Crippen LogP contribution in [0.3, 0.4) is 0 Å². The monoisotopic (exact) mass is 598 g/mol. The van der Waals surface area contributed by atoms with Gasteiger partial charge in [0.1, 0.15) is 11.5 Å². The number of carbonyl (C=O) groups excluding carboxylic acids is 2. The maximum atomic E-state index is 15.5. The van der Waals surface area contributed by atoms with Gasteiger partial charge >= 0.3 is 5.97 Å². The molecule has 0 radical (unpaired) electrons. The lowest BCUT2D eigenvalue weighted by molar-refractivity contribution is -0.140. The van der Waals surface area contributed by atoms with Crippen LogP contribution in [-0.4, -0.2) is 46.5 Å². The van der Waals surface area contributed by atoms with Crippen LogP contribution in [0.25, 0.3) is 22.4 Å². The Balaban J connectivity index is 1.42. The van der Waals surface area contributed by atoms with E-state index in [1.54, 1.807) is 35.4 Å². The van der Waals surface area contributed by atoms with Gasteiger partial charge in [0.05, 0.1) is 6.42 Å². The summed E-state index contributed by atoms with van der Waals surface area (Å²) in [5, 5.41) is 9.40. The van der Waals surface area contributed by atoms with Crippen LogP contribution >= 0.6 is 22.9 Å². The number of benzene rings is 1. The van der Waals surface area contributed by atoms with Crippen LogP contribution in [0.4, 0.5) is 15.3 Å². The van der Waals surface area contributed by atoms with Crippen molar-refractivity contribution in [3.8, 4) is 22.4 Å². The van der Waals surface area contributed by atoms with E-state index in [1.807, 2.05) is 6.07 Å². The summed E-state index contributed by atoms with van der Waals surface area (Å²) in [6, 6.07) is 8.69. The second-order valence-corrected chi connectivity index (χ2v) is 12.2. The first-order chi connectivity index (χ1) is 19.7. The molecule has 0 spiro atoms. The molecule has 216 valence electrons. The standard InChI is InChI=1S/C30H32ClFN4O4S/c1-35(29(40)20(15-26(38)39)14-18-6-2-3-7-18)30-34-27(28(32)41-30)23-16-21(31)10-11-22(23)19-9-12-24(33-17-19)36-13-5-4-8-25(36)37/h9-12,16-18,20H,2-8,13-15H2,1H3,(H,38,39). The summed E-state index contributed by atoms with van der Waals surface area (Å²) in [6.45, 7) is 0.629. The number of halogens is 2. The van der Waals surface area contributed by atoms with E-state index in [4.69, 9.17) is 11.6 Å². The first-order valence-corrected chi connectivity index (χ1v) is 15.1. The molecule has 2 fully saturated rings. The number of amides is 2. The molecule has 0 bridgehead atoms.